The second-order valence-corrected chi connectivity index (χ2v) is 6.46. The monoisotopic (exact) mass is 370 g/mol. The van der Waals surface area contributed by atoms with Crippen LogP contribution in [0.2, 0.25) is 0 Å². The van der Waals surface area contributed by atoms with E-state index in [-0.39, 0.29) is 12.2 Å². The zero-order valence-corrected chi connectivity index (χ0v) is 14.6. The maximum Gasteiger partial charge on any atom is 0.293 e. The summed E-state index contributed by atoms with van der Waals surface area (Å²) in [5.74, 6) is 0.226. The number of carbonyl (C=O) groups is 2. The molecule has 8 heteroatoms. The van der Waals surface area contributed by atoms with Gasteiger partial charge in [0.15, 0.2) is 0 Å². The van der Waals surface area contributed by atoms with Gasteiger partial charge in [0.05, 0.1) is 23.5 Å². The van der Waals surface area contributed by atoms with Gasteiger partial charge >= 0.3 is 0 Å². The Balaban J connectivity index is 1.81. The van der Waals surface area contributed by atoms with Crippen molar-refractivity contribution in [2.45, 2.75) is 6.54 Å². The van der Waals surface area contributed by atoms with Crippen molar-refractivity contribution in [3.63, 3.8) is 0 Å². The maximum atomic E-state index is 12.5. The summed E-state index contributed by atoms with van der Waals surface area (Å²) in [7, 11) is 1.55. The Bertz CT molecular complexity index is 925. The van der Waals surface area contributed by atoms with Crippen LogP contribution in [-0.2, 0) is 11.3 Å². The van der Waals surface area contributed by atoms with E-state index in [2.05, 4.69) is 0 Å². The van der Waals surface area contributed by atoms with Crippen LogP contribution in [0.25, 0.3) is 6.08 Å². The molecule has 0 spiro atoms. The molecular formula is C18H14N2O5S. The Kier molecular flexibility index (Phi) is 5.04. The fourth-order valence-electron chi connectivity index (χ4n) is 2.47. The Morgan fingerprint density at radius 2 is 1.96 bits per heavy atom. The van der Waals surface area contributed by atoms with E-state index < -0.39 is 16.1 Å². The first kappa shape index (κ1) is 17.7. The first-order valence-electron chi connectivity index (χ1n) is 7.60. The molecule has 1 aliphatic heterocycles. The largest absolute Gasteiger partial charge is 0.497 e. The minimum absolute atomic E-state index is 0.0121. The molecule has 2 amide bonds. The molecule has 26 heavy (non-hydrogen) atoms. The number of amides is 2. The van der Waals surface area contributed by atoms with E-state index in [4.69, 9.17) is 4.74 Å². The van der Waals surface area contributed by atoms with Gasteiger partial charge in [0.1, 0.15) is 5.75 Å². The summed E-state index contributed by atoms with van der Waals surface area (Å²) >= 11 is 0.844. The minimum atomic E-state index is -0.514. The van der Waals surface area contributed by atoms with Gasteiger partial charge in [0.25, 0.3) is 16.8 Å². The number of hydrogen-bond acceptors (Lipinski definition) is 6. The van der Waals surface area contributed by atoms with Crippen LogP contribution in [0.4, 0.5) is 10.5 Å². The van der Waals surface area contributed by atoms with Gasteiger partial charge in [-0.25, -0.2) is 0 Å². The minimum Gasteiger partial charge on any atom is -0.497 e. The van der Waals surface area contributed by atoms with Gasteiger partial charge in [-0.05, 0) is 41.1 Å². The molecule has 132 valence electrons. The van der Waals surface area contributed by atoms with E-state index in [9.17, 15) is 19.7 Å². The van der Waals surface area contributed by atoms with E-state index >= 15 is 0 Å². The van der Waals surface area contributed by atoms with Crippen LogP contribution in [0.1, 0.15) is 11.1 Å². The molecule has 2 aromatic rings. The third-order valence-corrected chi connectivity index (χ3v) is 4.63. The highest BCUT2D eigenvalue weighted by molar-refractivity contribution is 8.18. The summed E-state index contributed by atoms with van der Waals surface area (Å²) in [4.78, 5) is 36.5. The molecule has 0 bridgehead atoms. The quantitative estimate of drug-likeness (QED) is 0.451. The number of nitrogens with zero attached hydrogens (tertiary/aromatic N) is 2. The number of methoxy groups -OCH3 is 1. The van der Waals surface area contributed by atoms with Crippen LogP contribution >= 0.6 is 11.8 Å². The zero-order chi connectivity index (χ0) is 18.7. The SMILES string of the molecule is COc1cccc(/C=C2\SC(=O)N(Cc3cccc([N+](=O)[O-])c3)C2=O)c1. The van der Waals surface area contributed by atoms with Crippen LogP contribution in [0.15, 0.2) is 53.4 Å². The molecule has 1 aliphatic rings. The van der Waals surface area contributed by atoms with Gasteiger partial charge < -0.3 is 4.74 Å². The second kappa shape index (κ2) is 7.40. The molecule has 0 radical (unpaired) electrons. The third kappa shape index (κ3) is 3.75. The average Bonchev–Trinajstić information content (AvgIpc) is 2.89. The Morgan fingerprint density at radius 1 is 1.19 bits per heavy atom. The number of thioether (sulfide) groups is 1. The first-order chi connectivity index (χ1) is 12.5. The molecule has 3 rings (SSSR count). The van der Waals surface area contributed by atoms with Gasteiger partial charge in [0.2, 0.25) is 0 Å². The van der Waals surface area contributed by atoms with Crippen LogP contribution in [0.3, 0.4) is 0 Å². The lowest BCUT2D eigenvalue weighted by Crippen LogP contribution is -2.27. The number of ether oxygens (including phenoxy) is 1. The van der Waals surface area contributed by atoms with Crippen molar-refractivity contribution >= 4 is 34.7 Å². The summed E-state index contributed by atoms with van der Waals surface area (Å²) in [5, 5.41) is 10.5. The first-order valence-corrected chi connectivity index (χ1v) is 8.42. The average molecular weight is 370 g/mol. The Labute approximate surface area is 153 Å². The normalized spacial score (nSPS) is 15.6. The number of benzene rings is 2. The van der Waals surface area contributed by atoms with Crippen LogP contribution in [-0.4, -0.2) is 28.1 Å². The third-order valence-electron chi connectivity index (χ3n) is 3.73. The molecule has 0 N–H and O–H groups in total. The number of nitro benzene ring substituents is 1. The Hall–Kier alpha value is -3.13. The van der Waals surface area contributed by atoms with Gasteiger partial charge in [0, 0.05) is 12.1 Å². The predicted molar refractivity (Wildman–Crippen MR) is 97.6 cm³/mol. The maximum absolute atomic E-state index is 12.5. The standard InChI is InChI=1S/C18H14N2O5S/c1-25-15-7-3-4-12(9-15)10-16-17(21)19(18(22)26-16)11-13-5-2-6-14(8-13)20(23)24/h2-10H,11H2,1H3/b16-10-. The van der Waals surface area contributed by atoms with Crippen molar-refractivity contribution in [1.82, 2.24) is 4.90 Å². The van der Waals surface area contributed by atoms with E-state index in [0.29, 0.717) is 16.2 Å². The highest BCUT2D eigenvalue weighted by Crippen LogP contribution is 2.34. The van der Waals surface area contributed by atoms with E-state index in [1.807, 2.05) is 0 Å². The van der Waals surface area contributed by atoms with E-state index in [0.717, 1.165) is 22.2 Å². The fraction of sp³-hybridized carbons (Fsp3) is 0.111. The summed E-state index contributed by atoms with van der Waals surface area (Å²) in [5.41, 5.74) is 1.18. The highest BCUT2D eigenvalue weighted by Gasteiger charge is 2.35. The summed E-state index contributed by atoms with van der Waals surface area (Å²) < 4.78 is 5.14. The highest BCUT2D eigenvalue weighted by atomic mass is 32.2. The van der Waals surface area contributed by atoms with Crippen molar-refractivity contribution in [2.24, 2.45) is 0 Å². The predicted octanol–water partition coefficient (Wildman–Crippen LogP) is 3.84. The molecule has 1 fully saturated rings. The molecule has 2 aromatic carbocycles. The lowest BCUT2D eigenvalue weighted by Gasteiger charge is -2.12. The summed E-state index contributed by atoms with van der Waals surface area (Å²) in [6, 6.07) is 13.0. The van der Waals surface area contributed by atoms with Crippen molar-refractivity contribution in [3.8, 4) is 5.75 Å². The fourth-order valence-corrected chi connectivity index (χ4v) is 3.31. The smallest absolute Gasteiger partial charge is 0.293 e. The van der Waals surface area contributed by atoms with Gasteiger partial charge in [-0.1, -0.05) is 24.3 Å². The van der Waals surface area contributed by atoms with Crippen LogP contribution in [0.5, 0.6) is 5.75 Å². The molecule has 0 atom stereocenters. The number of carbonyl (C=O) groups excluding carboxylic acids is 2. The summed E-state index contributed by atoms with van der Waals surface area (Å²) in [6.45, 7) is -0.0121. The second-order valence-electron chi connectivity index (χ2n) is 5.47. The zero-order valence-electron chi connectivity index (χ0n) is 13.7. The van der Waals surface area contributed by atoms with Gasteiger partial charge in [-0.3, -0.25) is 24.6 Å². The molecule has 1 heterocycles. The van der Waals surface area contributed by atoms with E-state index in [1.165, 1.54) is 18.2 Å². The molecule has 1 saturated heterocycles. The van der Waals surface area contributed by atoms with Crippen LogP contribution < -0.4 is 4.74 Å². The van der Waals surface area contributed by atoms with Crippen molar-refractivity contribution in [1.29, 1.82) is 0 Å². The molecule has 0 saturated carbocycles. The van der Waals surface area contributed by atoms with Gasteiger partial charge in [-0.15, -0.1) is 0 Å². The summed E-state index contributed by atoms with van der Waals surface area (Å²) in [6.07, 6.45) is 1.63. The lowest BCUT2D eigenvalue weighted by atomic mass is 10.2. The lowest BCUT2D eigenvalue weighted by molar-refractivity contribution is -0.384. The topological polar surface area (TPSA) is 89.8 Å². The molecule has 7 nitrogen and oxygen atoms in total. The number of hydrogen-bond donors (Lipinski definition) is 0. The molecule has 0 aliphatic carbocycles. The van der Waals surface area contributed by atoms with Gasteiger partial charge in [-0.2, -0.15) is 0 Å². The number of non-ortho nitro benzene ring substituents is 1. The van der Waals surface area contributed by atoms with Crippen molar-refractivity contribution in [2.75, 3.05) is 7.11 Å². The van der Waals surface area contributed by atoms with Crippen molar-refractivity contribution < 1.29 is 19.2 Å². The van der Waals surface area contributed by atoms with Crippen LogP contribution in [0, 0.1) is 10.1 Å². The van der Waals surface area contributed by atoms with Crippen molar-refractivity contribution in [3.05, 3.63) is 74.7 Å². The number of nitro groups is 1. The number of imide groups is 1. The molecular weight excluding hydrogens is 356 g/mol. The molecule has 0 aromatic heterocycles. The molecule has 0 unspecified atom stereocenters. The number of rotatable bonds is 5. The Morgan fingerprint density at radius 3 is 2.69 bits per heavy atom. The van der Waals surface area contributed by atoms with E-state index in [1.54, 1.807) is 43.5 Å².